The van der Waals surface area contributed by atoms with Gasteiger partial charge in [-0.1, -0.05) is 12.1 Å². The molecule has 2 N–H and O–H groups in total. The molecule has 3 heterocycles. The summed E-state index contributed by atoms with van der Waals surface area (Å²) in [7, 11) is 0. The molecule has 0 aliphatic heterocycles. The van der Waals surface area contributed by atoms with Crippen molar-refractivity contribution in [3.05, 3.63) is 77.8 Å². The zero-order chi connectivity index (χ0) is 20.8. The second kappa shape index (κ2) is 4.63. The van der Waals surface area contributed by atoms with E-state index in [1.165, 1.54) is 11.3 Å². The number of fused-ring (bicyclic) bond motifs is 1. The van der Waals surface area contributed by atoms with Crippen LogP contribution in [0.25, 0.3) is 74.0 Å². The van der Waals surface area contributed by atoms with Crippen LogP contribution in [0.15, 0.2) is 55.6 Å². The number of pyridine rings is 2. The molecular weight excluding hydrogens is 412 g/mol. The Labute approximate surface area is 173 Å². The molecule has 8 rings (SSSR count). The van der Waals surface area contributed by atoms with E-state index in [-0.39, 0.29) is 0 Å². The van der Waals surface area contributed by atoms with E-state index in [1.54, 1.807) is 12.1 Å². The highest BCUT2D eigenvalue weighted by Gasteiger charge is 2.25. The number of benzene rings is 5. The molecule has 0 radical (unpaired) electrons. The van der Waals surface area contributed by atoms with Gasteiger partial charge in [0.2, 0.25) is 0 Å². The molecular formula is C24H8N2O4S. The van der Waals surface area contributed by atoms with Crippen LogP contribution < -0.4 is 22.2 Å². The smallest absolute Gasteiger partial charge is 0.258 e. The molecule has 0 unspecified atom stereocenters. The van der Waals surface area contributed by atoms with Crippen molar-refractivity contribution in [2.75, 3.05) is 0 Å². The van der Waals surface area contributed by atoms with E-state index in [0.717, 1.165) is 41.7 Å². The summed E-state index contributed by atoms with van der Waals surface area (Å²) in [5.74, 6) is 0. The highest BCUT2D eigenvalue weighted by molar-refractivity contribution is 7.26. The zero-order valence-corrected chi connectivity index (χ0v) is 16.3. The summed E-state index contributed by atoms with van der Waals surface area (Å²) in [6.45, 7) is 0. The third-order valence-corrected chi connectivity index (χ3v) is 7.77. The first-order valence-electron chi connectivity index (χ1n) is 9.70. The van der Waals surface area contributed by atoms with Crippen molar-refractivity contribution in [3.63, 3.8) is 0 Å². The second-order valence-corrected chi connectivity index (χ2v) is 9.17. The second-order valence-electron chi connectivity index (χ2n) is 8.08. The molecule has 0 aliphatic carbocycles. The van der Waals surface area contributed by atoms with Crippen LogP contribution in [0.1, 0.15) is 0 Å². The Morgan fingerprint density at radius 1 is 0.452 bits per heavy atom. The van der Waals surface area contributed by atoms with E-state index in [2.05, 4.69) is 9.97 Å². The Morgan fingerprint density at radius 2 is 0.839 bits per heavy atom. The van der Waals surface area contributed by atoms with Crippen molar-refractivity contribution in [2.45, 2.75) is 0 Å². The van der Waals surface area contributed by atoms with Crippen LogP contribution >= 0.6 is 11.3 Å². The topological polar surface area (TPSA) is 99.9 Å². The molecule has 144 valence electrons. The van der Waals surface area contributed by atoms with Crippen molar-refractivity contribution in [3.8, 4) is 0 Å². The van der Waals surface area contributed by atoms with Crippen LogP contribution in [0.4, 0.5) is 0 Å². The highest BCUT2D eigenvalue weighted by Crippen LogP contribution is 2.50. The molecule has 0 spiro atoms. The van der Waals surface area contributed by atoms with E-state index in [0.29, 0.717) is 32.3 Å². The van der Waals surface area contributed by atoms with Gasteiger partial charge >= 0.3 is 0 Å². The maximum Gasteiger partial charge on any atom is 0.258 e. The molecule has 0 bridgehead atoms. The Morgan fingerprint density at radius 3 is 1.29 bits per heavy atom. The molecule has 7 heteroatoms. The van der Waals surface area contributed by atoms with Gasteiger partial charge in [0.1, 0.15) is 0 Å². The molecule has 0 fully saturated rings. The maximum atomic E-state index is 12.7. The largest absolute Gasteiger partial charge is 0.288 e. The minimum atomic E-state index is -0.399. The molecule has 0 aliphatic rings. The van der Waals surface area contributed by atoms with Crippen molar-refractivity contribution in [2.24, 2.45) is 0 Å². The third kappa shape index (κ3) is 1.54. The quantitative estimate of drug-likeness (QED) is 0.289. The lowest BCUT2D eigenvalue weighted by Gasteiger charge is -2.16. The Balaban J connectivity index is 1.91. The van der Waals surface area contributed by atoms with Gasteiger partial charge in [-0.05, 0) is 35.0 Å². The Hall–Kier alpha value is -4.10. The Kier molecular flexibility index (Phi) is 2.34. The third-order valence-electron chi connectivity index (χ3n) is 6.69. The van der Waals surface area contributed by atoms with Crippen LogP contribution in [-0.2, 0) is 0 Å². The summed E-state index contributed by atoms with van der Waals surface area (Å²) in [5, 5.41) is 8.83. The summed E-state index contributed by atoms with van der Waals surface area (Å²) in [4.78, 5) is 55.3. The lowest BCUT2D eigenvalue weighted by molar-refractivity contribution is 1.22. The molecule has 0 amide bonds. The Bertz CT molecular complexity index is 2130. The van der Waals surface area contributed by atoms with E-state index >= 15 is 0 Å². The standard InChI is InChI=1S/C24H8N2O4S/c27-21-9-3-1-7-8-2-4-10-16-12(24(30)26-22(10)28)6-14-20(18(8)16)19-13(31-14)5-11(23(29)25-21)15(9)17(7)19/h1-6H,(H,25,27,29)(H,26,28,30). The fraction of sp³-hybridized carbons (Fsp3) is 0. The monoisotopic (exact) mass is 420 g/mol. The van der Waals surface area contributed by atoms with E-state index < -0.39 is 22.2 Å². The fourth-order valence-electron chi connectivity index (χ4n) is 5.52. The molecule has 31 heavy (non-hydrogen) atoms. The van der Waals surface area contributed by atoms with Crippen LogP contribution in [0.2, 0.25) is 0 Å². The number of hydrogen-bond donors (Lipinski definition) is 2. The maximum absolute atomic E-state index is 12.7. The first-order valence-corrected chi connectivity index (χ1v) is 10.5. The van der Waals surface area contributed by atoms with Gasteiger partial charge in [-0.15, -0.1) is 11.3 Å². The summed E-state index contributed by atoms with van der Waals surface area (Å²) >= 11 is 1.51. The summed E-state index contributed by atoms with van der Waals surface area (Å²) in [6.07, 6.45) is 0. The van der Waals surface area contributed by atoms with Gasteiger partial charge in [0, 0.05) is 63.3 Å². The van der Waals surface area contributed by atoms with Gasteiger partial charge in [-0.3, -0.25) is 29.1 Å². The van der Waals surface area contributed by atoms with Crippen molar-refractivity contribution in [1.29, 1.82) is 0 Å². The first-order chi connectivity index (χ1) is 15.0. The fourth-order valence-corrected chi connectivity index (χ4v) is 6.72. The molecule has 0 saturated carbocycles. The minimum absolute atomic E-state index is 0.395. The average Bonchev–Trinajstić information content (AvgIpc) is 3.13. The predicted octanol–water partition coefficient (Wildman–Crippen LogP) is 3.67. The van der Waals surface area contributed by atoms with Crippen LogP contribution in [0, 0.1) is 0 Å². The first kappa shape index (κ1) is 15.7. The number of rotatable bonds is 0. The predicted molar refractivity (Wildman–Crippen MR) is 125 cm³/mol. The van der Waals surface area contributed by atoms with Gasteiger partial charge < -0.3 is 0 Å². The molecule has 0 saturated heterocycles. The number of H-pyrrole nitrogens is 2. The van der Waals surface area contributed by atoms with E-state index in [1.807, 2.05) is 24.3 Å². The summed E-state index contributed by atoms with van der Waals surface area (Å²) in [6, 6.07) is 11.0. The van der Waals surface area contributed by atoms with Gasteiger partial charge in [-0.2, -0.15) is 0 Å². The lowest BCUT2D eigenvalue weighted by atomic mass is 9.86. The number of nitrogens with one attached hydrogen (secondary N) is 2. The van der Waals surface area contributed by atoms with E-state index in [4.69, 9.17) is 0 Å². The number of aromatic amines is 2. The van der Waals surface area contributed by atoms with Gasteiger partial charge in [0.15, 0.2) is 0 Å². The number of aromatic nitrogens is 2. The number of hydrogen-bond acceptors (Lipinski definition) is 5. The SMILES string of the molecule is O=c1[nH]c(=O)c2cc3sc4cc5c(=O)[nH]c(=O)c6ccc7c8ccc1c2c8c3c4c7c65. The molecule has 8 aromatic rings. The van der Waals surface area contributed by atoms with Gasteiger partial charge in [0.25, 0.3) is 22.2 Å². The summed E-state index contributed by atoms with van der Waals surface area (Å²) in [5.41, 5.74) is -1.59. The van der Waals surface area contributed by atoms with Crippen molar-refractivity contribution < 1.29 is 0 Å². The van der Waals surface area contributed by atoms with Gasteiger partial charge in [0.05, 0.1) is 0 Å². The van der Waals surface area contributed by atoms with Crippen molar-refractivity contribution in [1.82, 2.24) is 9.97 Å². The molecule has 0 atom stereocenters. The average molecular weight is 420 g/mol. The normalized spacial score (nSPS) is 13.0. The molecule has 3 aromatic heterocycles. The van der Waals surface area contributed by atoms with Crippen LogP contribution in [0.5, 0.6) is 0 Å². The lowest BCUT2D eigenvalue weighted by Crippen LogP contribution is -2.20. The molecule has 6 nitrogen and oxygen atoms in total. The van der Waals surface area contributed by atoms with Crippen molar-refractivity contribution >= 4 is 85.4 Å². The van der Waals surface area contributed by atoms with Crippen LogP contribution in [0.3, 0.4) is 0 Å². The zero-order valence-electron chi connectivity index (χ0n) is 15.5. The minimum Gasteiger partial charge on any atom is -0.288 e. The summed E-state index contributed by atoms with van der Waals surface area (Å²) < 4.78 is 1.83. The van der Waals surface area contributed by atoms with E-state index in [9.17, 15) is 19.2 Å². The number of thiophene rings is 1. The van der Waals surface area contributed by atoms with Crippen LogP contribution in [-0.4, -0.2) is 9.97 Å². The van der Waals surface area contributed by atoms with Gasteiger partial charge in [-0.25, -0.2) is 0 Å². The molecule has 5 aromatic carbocycles. The highest BCUT2D eigenvalue weighted by atomic mass is 32.1.